The van der Waals surface area contributed by atoms with E-state index in [4.69, 9.17) is 0 Å². The highest BCUT2D eigenvalue weighted by Crippen LogP contribution is 2.33. The third kappa shape index (κ3) is 3.33. The molecule has 0 spiro atoms. The number of aromatic hydroxyl groups is 2. The molecule has 94 valence electrons. The Morgan fingerprint density at radius 1 is 1.29 bits per heavy atom. The Bertz CT molecular complexity index is 387. The minimum absolute atomic E-state index is 0.162. The molecule has 0 saturated heterocycles. The lowest BCUT2D eigenvalue weighted by Gasteiger charge is -2.19. The van der Waals surface area contributed by atoms with Crippen LogP contribution in [0.5, 0.6) is 11.5 Å². The summed E-state index contributed by atoms with van der Waals surface area (Å²) in [5.74, 6) is -0.989. The van der Waals surface area contributed by atoms with Crippen molar-refractivity contribution in [3.63, 3.8) is 0 Å². The van der Waals surface area contributed by atoms with Crippen molar-refractivity contribution in [3.05, 3.63) is 23.8 Å². The summed E-state index contributed by atoms with van der Waals surface area (Å²) in [5, 5.41) is 40.6. The van der Waals surface area contributed by atoms with Gasteiger partial charge in [0.05, 0.1) is 5.56 Å². The van der Waals surface area contributed by atoms with Crippen LogP contribution in [0.4, 0.5) is 0 Å². The minimum Gasteiger partial charge on any atom is -0.507 e. The third-order valence-corrected chi connectivity index (χ3v) is 2.28. The second kappa shape index (κ2) is 5.51. The molecule has 6 heteroatoms. The van der Waals surface area contributed by atoms with E-state index >= 15 is 0 Å². The number of carbonyl (C=O) groups is 1. The first-order chi connectivity index (χ1) is 7.93. The normalized spacial score (nSPS) is 14.1. The standard InChI is InChI=1S/C11H15NO5/c1-6(13)12-5-9(16)11(17)10-7(14)3-2-4-8(10)15/h2-4,9,11,14-17H,5H2,1H3,(H,12,13). The van der Waals surface area contributed by atoms with E-state index in [0.29, 0.717) is 0 Å². The molecule has 5 N–H and O–H groups in total. The van der Waals surface area contributed by atoms with Crippen LogP contribution in [-0.4, -0.2) is 39.0 Å². The zero-order valence-corrected chi connectivity index (χ0v) is 9.29. The number of aliphatic hydroxyl groups is 2. The van der Waals surface area contributed by atoms with Gasteiger partial charge in [-0.05, 0) is 12.1 Å². The average Bonchev–Trinajstić information content (AvgIpc) is 2.25. The Morgan fingerprint density at radius 2 is 1.82 bits per heavy atom. The average molecular weight is 241 g/mol. The number of hydrogen-bond acceptors (Lipinski definition) is 5. The fourth-order valence-electron chi connectivity index (χ4n) is 1.40. The van der Waals surface area contributed by atoms with Crippen molar-refractivity contribution in [1.29, 1.82) is 0 Å². The van der Waals surface area contributed by atoms with Crippen molar-refractivity contribution < 1.29 is 25.2 Å². The van der Waals surface area contributed by atoms with Crippen LogP contribution in [-0.2, 0) is 4.79 Å². The van der Waals surface area contributed by atoms with Crippen molar-refractivity contribution in [2.75, 3.05) is 6.54 Å². The predicted octanol–water partition coefficient (Wildman–Crippen LogP) is -0.372. The van der Waals surface area contributed by atoms with Crippen LogP contribution >= 0.6 is 0 Å². The van der Waals surface area contributed by atoms with Crippen LogP contribution in [0.1, 0.15) is 18.6 Å². The second-order valence-corrected chi connectivity index (χ2v) is 3.66. The molecule has 6 nitrogen and oxygen atoms in total. The molecular weight excluding hydrogens is 226 g/mol. The quantitative estimate of drug-likeness (QED) is 0.494. The van der Waals surface area contributed by atoms with Gasteiger partial charge in [-0.25, -0.2) is 0 Å². The molecule has 0 heterocycles. The first kappa shape index (κ1) is 13.3. The topological polar surface area (TPSA) is 110 Å². The van der Waals surface area contributed by atoms with Gasteiger partial charge in [0.2, 0.25) is 5.91 Å². The highest BCUT2D eigenvalue weighted by atomic mass is 16.3. The van der Waals surface area contributed by atoms with E-state index in [1.54, 1.807) is 0 Å². The van der Waals surface area contributed by atoms with E-state index in [-0.39, 0.29) is 29.5 Å². The van der Waals surface area contributed by atoms with Gasteiger partial charge in [-0.2, -0.15) is 0 Å². The molecule has 2 atom stereocenters. The molecule has 1 aromatic carbocycles. The first-order valence-corrected chi connectivity index (χ1v) is 5.05. The van der Waals surface area contributed by atoms with Gasteiger partial charge < -0.3 is 25.7 Å². The fraction of sp³-hybridized carbons (Fsp3) is 0.364. The Labute approximate surface area is 98.1 Å². The summed E-state index contributed by atoms with van der Waals surface area (Å²) in [6.07, 6.45) is -2.80. The van der Waals surface area contributed by atoms with Crippen LogP contribution in [0.2, 0.25) is 0 Å². The lowest BCUT2D eigenvalue weighted by molar-refractivity contribution is -0.119. The Morgan fingerprint density at radius 3 is 2.29 bits per heavy atom. The number of phenols is 2. The molecule has 0 saturated carbocycles. The van der Waals surface area contributed by atoms with Gasteiger partial charge in [0.1, 0.15) is 23.7 Å². The van der Waals surface area contributed by atoms with E-state index in [1.807, 2.05) is 0 Å². The third-order valence-electron chi connectivity index (χ3n) is 2.28. The maximum Gasteiger partial charge on any atom is 0.216 e. The maximum atomic E-state index is 10.6. The molecular formula is C11H15NO5. The van der Waals surface area contributed by atoms with Gasteiger partial charge in [0, 0.05) is 13.5 Å². The van der Waals surface area contributed by atoms with Gasteiger partial charge in [-0.15, -0.1) is 0 Å². The monoisotopic (exact) mass is 241 g/mol. The Kier molecular flexibility index (Phi) is 4.30. The molecule has 0 aromatic heterocycles. The van der Waals surface area contributed by atoms with Gasteiger partial charge in [0.25, 0.3) is 0 Å². The molecule has 17 heavy (non-hydrogen) atoms. The second-order valence-electron chi connectivity index (χ2n) is 3.66. The molecule has 0 fully saturated rings. The molecule has 1 amide bonds. The summed E-state index contributed by atoms with van der Waals surface area (Å²) in [6.45, 7) is 1.10. The highest BCUT2D eigenvalue weighted by Gasteiger charge is 2.24. The van der Waals surface area contributed by atoms with Crippen molar-refractivity contribution in [3.8, 4) is 11.5 Å². The first-order valence-electron chi connectivity index (χ1n) is 5.05. The fourth-order valence-corrected chi connectivity index (χ4v) is 1.40. The molecule has 0 aliphatic carbocycles. The van der Waals surface area contributed by atoms with Crippen LogP contribution in [0.3, 0.4) is 0 Å². The summed E-state index contributed by atoms with van der Waals surface area (Å²) in [6, 6.07) is 3.97. The van der Waals surface area contributed by atoms with E-state index in [1.165, 1.54) is 25.1 Å². The van der Waals surface area contributed by atoms with Crippen molar-refractivity contribution in [2.24, 2.45) is 0 Å². The molecule has 0 radical (unpaired) electrons. The van der Waals surface area contributed by atoms with Gasteiger partial charge in [-0.3, -0.25) is 4.79 Å². The number of aliphatic hydroxyl groups excluding tert-OH is 2. The number of phenolic OH excluding ortho intramolecular Hbond substituents is 2. The van der Waals surface area contributed by atoms with Gasteiger partial charge >= 0.3 is 0 Å². The summed E-state index contributed by atoms with van der Waals surface area (Å²) in [5.41, 5.74) is -0.162. The van der Waals surface area contributed by atoms with Crippen molar-refractivity contribution in [2.45, 2.75) is 19.1 Å². The Balaban J connectivity index is 2.81. The molecule has 0 aliphatic heterocycles. The number of amides is 1. The number of nitrogens with one attached hydrogen (secondary N) is 1. The van der Waals surface area contributed by atoms with E-state index in [0.717, 1.165) is 0 Å². The van der Waals surface area contributed by atoms with Crippen LogP contribution in [0.15, 0.2) is 18.2 Å². The summed E-state index contributed by atoms with van der Waals surface area (Å²) < 4.78 is 0. The predicted molar refractivity (Wildman–Crippen MR) is 59.4 cm³/mol. The van der Waals surface area contributed by atoms with Crippen LogP contribution in [0, 0.1) is 0 Å². The van der Waals surface area contributed by atoms with Crippen LogP contribution < -0.4 is 5.32 Å². The molecule has 0 bridgehead atoms. The lowest BCUT2D eigenvalue weighted by Crippen LogP contribution is -2.34. The number of carbonyl (C=O) groups excluding carboxylic acids is 1. The van der Waals surface area contributed by atoms with Gasteiger partial charge in [0.15, 0.2) is 0 Å². The summed E-state index contributed by atoms with van der Waals surface area (Å²) in [7, 11) is 0. The summed E-state index contributed by atoms with van der Waals surface area (Å²) in [4.78, 5) is 10.6. The highest BCUT2D eigenvalue weighted by molar-refractivity contribution is 5.72. The minimum atomic E-state index is -1.48. The van der Waals surface area contributed by atoms with Crippen molar-refractivity contribution in [1.82, 2.24) is 5.32 Å². The van der Waals surface area contributed by atoms with E-state index in [9.17, 15) is 25.2 Å². The molecule has 2 unspecified atom stereocenters. The Hall–Kier alpha value is -1.79. The van der Waals surface area contributed by atoms with E-state index in [2.05, 4.69) is 5.32 Å². The zero-order chi connectivity index (χ0) is 13.0. The lowest BCUT2D eigenvalue weighted by atomic mass is 10.0. The SMILES string of the molecule is CC(=O)NCC(O)C(O)c1c(O)cccc1O. The van der Waals surface area contributed by atoms with Gasteiger partial charge in [-0.1, -0.05) is 6.07 Å². The zero-order valence-electron chi connectivity index (χ0n) is 9.29. The molecule has 1 rings (SSSR count). The number of hydrogen-bond donors (Lipinski definition) is 5. The number of benzene rings is 1. The summed E-state index contributed by atoms with van der Waals surface area (Å²) >= 11 is 0. The smallest absolute Gasteiger partial charge is 0.216 e. The molecule has 0 aliphatic rings. The maximum absolute atomic E-state index is 10.6. The van der Waals surface area contributed by atoms with E-state index < -0.39 is 12.2 Å². The molecule has 1 aromatic rings. The van der Waals surface area contributed by atoms with Crippen LogP contribution in [0.25, 0.3) is 0 Å². The largest absolute Gasteiger partial charge is 0.507 e. The number of rotatable bonds is 4. The van der Waals surface area contributed by atoms with Crippen molar-refractivity contribution >= 4 is 5.91 Å².